The summed E-state index contributed by atoms with van der Waals surface area (Å²) in [6.45, 7) is 1.76. The van der Waals surface area contributed by atoms with Crippen LogP contribution in [0.15, 0.2) is 47.7 Å². The maximum atomic E-state index is 13.2. The van der Waals surface area contributed by atoms with Gasteiger partial charge in [-0.05, 0) is 61.1 Å². The number of amides is 1. The van der Waals surface area contributed by atoms with Gasteiger partial charge in [0, 0.05) is 11.4 Å². The van der Waals surface area contributed by atoms with Gasteiger partial charge in [0.2, 0.25) is 5.75 Å². The standard InChI is InChI=1S/C21H22FN3O4S/c1-11-17(20(26)24-14-7-5-13(22)6-8-14)18(25-21(30)23-11)12-9-15(27-2)19(29-4)16(10-12)28-3/h5-10,18H,1-4H3,(H,24,26)(H2,23,25,30)/t18-/m0/s1. The lowest BCUT2D eigenvalue weighted by atomic mass is 9.94. The van der Waals surface area contributed by atoms with E-state index in [0.29, 0.717) is 44.9 Å². The number of nitrogens with one attached hydrogen (secondary N) is 3. The first kappa shape index (κ1) is 21.4. The van der Waals surface area contributed by atoms with Crippen LogP contribution < -0.4 is 30.2 Å². The lowest BCUT2D eigenvalue weighted by Gasteiger charge is -2.31. The van der Waals surface area contributed by atoms with Gasteiger partial charge < -0.3 is 30.2 Å². The monoisotopic (exact) mass is 431 g/mol. The van der Waals surface area contributed by atoms with E-state index in [1.165, 1.54) is 45.6 Å². The van der Waals surface area contributed by atoms with Gasteiger partial charge in [-0.15, -0.1) is 0 Å². The number of thiocarbonyl (C=S) groups is 1. The molecule has 1 aliphatic heterocycles. The van der Waals surface area contributed by atoms with Gasteiger partial charge in [-0.1, -0.05) is 0 Å². The highest BCUT2D eigenvalue weighted by atomic mass is 32.1. The average molecular weight is 431 g/mol. The highest BCUT2D eigenvalue weighted by molar-refractivity contribution is 7.80. The van der Waals surface area contributed by atoms with E-state index in [0.717, 1.165) is 0 Å². The summed E-state index contributed by atoms with van der Waals surface area (Å²) in [4.78, 5) is 13.1. The predicted octanol–water partition coefficient (Wildman–Crippen LogP) is 3.28. The van der Waals surface area contributed by atoms with Crippen LogP contribution in [0.1, 0.15) is 18.5 Å². The number of carbonyl (C=O) groups is 1. The molecule has 3 rings (SSSR count). The molecule has 0 saturated heterocycles. The maximum absolute atomic E-state index is 13.2. The highest BCUT2D eigenvalue weighted by Gasteiger charge is 2.31. The van der Waals surface area contributed by atoms with Crippen LogP contribution >= 0.6 is 12.2 Å². The number of hydrogen-bond donors (Lipinski definition) is 3. The molecule has 0 saturated carbocycles. The number of allylic oxidation sites excluding steroid dienone is 1. The van der Waals surface area contributed by atoms with Crippen LogP contribution in [-0.2, 0) is 4.79 Å². The van der Waals surface area contributed by atoms with Crippen molar-refractivity contribution in [3.8, 4) is 17.2 Å². The van der Waals surface area contributed by atoms with Crippen LogP contribution in [0.5, 0.6) is 17.2 Å². The average Bonchev–Trinajstić information content (AvgIpc) is 2.73. The topological polar surface area (TPSA) is 80.9 Å². The van der Waals surface area contributed by atoms with E-state index in [4.69, 9.17) is 26.4 Å². The maximum Gasteiger partial charge on any atom is 0.255 e. The minimum atomic E-state index is -0.576. The summed E-state index contributed by atoms with van der Waals surface area (Å²) in [5, 5.41) is 9.26. The first-order chi connectivity index (χ1) is 14.4. The van der Waals surface area contributed by atoms with E-state index in [9.17, 15) is 9.18 Å². The number of carbonyl (C=O) groups excluding carboxylic acids is 1. The molecule has 9 heteroatoms. The number of halogens is 1. The van der Waals surface area contributed by atoms with Crippen molar-refractivity contribution in [1.82, 2.24) is 10.6 Å². The van der Waals surface area contributed by atoms with Crippen LogP contribution in [0, 0.1) is 5.82 Å². The fourth-order valence-corrected chi connectivity index (χ4v) is 3.52. The summed E-state index contributed by atoms with van der Waals surface area (Å²) in [6.07, 6.45) is 0. The van der Waals surface area contributed by atoms with E-state index < -0.39 is 6.04 Å². The molecule has 3 N–H and O–H groups in total. The van der Waals surface area contributed by atoms with E-state index in [2.05, 4.69) is 16.0 Å². The summed E-state index contributed by atoms with van der Waals surface area (Å²) in [7, 11) is 4.55. The number of rotatable bonds is 6. The molecule has 158 valence electrons. The lowest BCUT2D eigenvalue weighted by molar-refractivity contribution is -0.113. The molecular formula is C21H22FN3O4S. The normalized spacial score (nSPS) is 15.8. The quantitative estimate of drug-likeness (QED) is 0.606. The SMILES string of the molecule is COc1cc([C@@H]2NC(=S)NC(C)=C2C(=O)Nc2ccc(F)cc2)cc(OC)c1OC. The summed E-state index contributed by atoms with van der Waals surface area (Å²) in [6, 6.07) is 8.47. The van der Waals surface area contributed by atoms with Gasteiger partial charge in [0.15, 0.2) is 16.6 Å². The summed E-state index contributed by atoms with van der Waals surface area (Å²) < 4.78 is 29.4. The Kier molecular flexibility index (Phi) is 6.41. The van der Waals surface area contributed by atoms with Crippen molar-refractivity contribution in [3.05, 3.63) is 59.0 Å². The molecule has 0 aliphatic carbocycles. The molecule has 0 spiro atoms. The molecule has 1 amide bonds. The Morgan fingerprint density at radius 3 is 2.20 bits per heavy atom. The minimum absolute atomic E-state index is 0.361. The van der Waals surface area contributed by atoms with Gasteiger partial charge in [-0.2, -0.15) is 0 Å². The molecule has 2 aromatic rings. The van der Waals surface area contributed by atoms with Gasteiger partial charge >= 0.3 is 0 Å². The van der Waals surface area contributed by atoms with E-state index >= 15 is 0 Å². The zero-order valence-corrected chi connectivity index (χ0v) is 17.8. The molecule has 30 heavy (non-hydrogen) atoms. The first-order valence-corrected chi connectivity index (χ1v) is 9.43. The van der Waals surface area contributed by atoms with E-state index in [1.807, 2.05) is 0 Å². The van der Waals surface area contributed by atoms with Crippen molar-refractivity contribution in [3.63, 3.8) is 0 Å². The predicted molar refractivity (Wildman–Crippen MR) is 115 cm³/mol. The van der Waals surface area contributed by atoms with Crippen LogP contribution in [-0.4, -0.2) is 32.3 Å². The second-order valence-electron chi connectivity index (χ2n) is 6.49. The Bertz CT molecular complexity index is 983. The van der Waals surface area contributed by atoms with Crippen LogP contribution in [0.2, 0.25) is 0 Å². The molecular weight excluding hydrogens is 409 g/mol. The number of benzene rings is 2. The molecule has 2 aromatic carbocycles. The van der Waals surface area contributed by atoms with Gasteiger partial charge in [0.1, 0.15) is 5.82 Å². The van der Waals surface area contributed by atoms with Gasteiger partial charge in [-0.25, -0.2) is 4.39 Å². The van der Waals surface area contributed by atoms with Gasteiger partial charge in [-0.3, -0.25) is 4.79 Å². The zero-order chi connectivity index (χ0) is 21.8. The Labute approximate surface area is 179 Å². The van der Waals surface area contributed by atoms with E-state index in [-0.39, 0.29) is 11.7 Å². The Morgan fingerprint density at radius 1 is 1.07 bits per heavy atom. The third-order valence-corrected chi connectivity index (χ3v) is 4.86. The van der Waals surface area contributed by atoms with Crippen molar-refractivity contribution in [2.24, 2.45) is 0 Å². The highest BCUT2D eigenvalue weighted by Crippen LogP contribution is 2.41. The lowest BCUT2D eigenvalue weighted by Crippen LogP contribution is -2.45. The van der Waals surface area contributed by atoms with Crippen molar-refractivity contribution in [2.45, 2.75) is 13.0 Å². The second-order valence-corrected chi connectivity index (χ2v) is 6.90. The molecule has 0 aromatic heterocycles. The number of ether oxygens (including phenoxy) is 3. The third-order valence-electron chi connectivity index (χ3n) is 4.64. The number of hydrogen-bond acceptors (Lipinski definition) is 5. The molecule has 7 nitrogen and oxygen atoms in total. The van der Waals surface area contributed by atoms with Gasteiger partial charge in [0.25, 0.3) is 5.91 Å². The Morgan fingerprint density at radius 2 is 1.67 bits per heavy atom. The van der Waals surface area contributed by atoms with Crippen molar-refractivity contribution >= 4 is 28.9 Å². The number of methoxy groups -OCH3 is 3. The fourth-order valence-electron chi connectivity index (χ4n) is 3.24. The van der Waals surface area contributed by atoms with Crippen molar-refractivity contribution in [1.29, 1.82) is 0 Å². The summed E-state index contributed by atoms with van der Waals surface area (Å²) >= 11 is 5.30. The Hall–Kier alpha value is -3.33. The van der Waals surface area contributed by atoms with Crippen LogP contribution in [0.4, 0.5) is 10.1 Å². The molecule has 0 radical (unpaired) electrons. The summed E-state index contributed by atoms with van der Waals surface area (Å²) in [5.74, 6) is 0.603. The van der Waals surface area contributed by atoms with Crippen LogP contribution in [0.3, 0.4) is 0 Å². The molecule has 1 atom stereocenters. The summed E-state index contributed by atoms with van der Waals surface area (Å²) in [5.41, 5.74) is 2.18. The Balaban J connectivity index is 2.03. The molecule has 0 unspecified atom stereocenters. The van der Waals surface area contributed by atoms with Crippen molar-refractivity contribution in [2.75, 3.05) is 26.6 Å². The molecule has 1 heterocycles. The second kappa shape index (κ2) is 9.00. The molecule has 0 bridgehead atoms. The largest absolute Gasteiger partial charge is 0.493 e. The minimum Gasteiger partial charge on any atom is -0.493 e. The first-order valence-electron chi connectivity index (χ1n) is 9.03. The fraction of sp³-hybridized carbons (Fsp3) is 0.238. The van der Waals surface area contributed by atoms with Gasteiger partial charge in [0.05, 0.1) is 32.9 Å². The molecule has 0 fully saturated rings. The third kappa shape index (κ3) is 4.30. The molecule has 1 aliphatic rings. The van der Waals surface area contributed by atoms with E-state index in [1.54, 1.807) is 19.1 Å². The number of anilines is 1. The van der Waals surface area contributed by atoms with Crippen LogP contribution in [0.25, 0.3) is 0 Å². The smallest absolute Gasteiger partial charge is 0.255 e. The zero-order valence-electron chi connectivity index (χ0n) is 17.0. The van der Waals surface area contributed by atoms with Crippen molar-refractivity contribution < 1.29 is 23.4 Å².